The van der Waals surface area contributed by atoms with Gasteiger partial charge in [0.2, 0.25) is 0 Å². The number of aromatic nitrogens is 3. The molecule has 1 heterocycles. The summed E-state index contributed by atoms with van der Waals surface area (Å²) in [6, 6.07) is 0.153. The highest BCUT2D eigenvalue weighted by Gasteiger charge is 2.56. The SMILES string of the molecule is CCO[C@@H]1C[C@@H](NC(=O)NCCn2ccnn2)C12CCCCC2. The third-order valence-electron chi connectivity index (χ3n) is 5.34. The van der Waals surface area contributed by atoms with Gasteiger partial charge >= 0.3 is 6.03 Å². The average Bonchev–Trinajstić information content (AvgIpc) is 3.08. The minimum Gasteiger partial charge on any atom is -0.378 e. The second-order valence-electron chi connectivity index (χ2n) is 6.59. The van der Waals surface area contributed by atoms with Crippen LogP contribution in [-0.2, 0) is 11.3 Å². The summed E-state index contributed by atoms with van der Waals surface area (Å²) in [5, 5.41) is 13.7. The molecule has 2 atom stereocenters. The molecule has 0 aromatic carbocycles. The zero-order valence-corrected chi connectivity index (χ0v) is 13.8. The number of nitrogens with one attached hydrogen (secondary N) is 2. The zero-order chi connectivity index (χ0) is 16.1. The largest absolute Gasteiger partial charge is 0.378 e. The van der Waals surface area contributed by atoms with Crippen LogP contribution in [0.4, 0.5) is 4.79 Å². The Kier molecular flexibility index (Phi) is 5.15. The normalized spacial score (nSPS) is 25.8. The van der Waals surface area contributed by atoms with Gasteiger partial charge in [-0.05, 0) is 26.2 Å². The fourth-order valence-corrected chi connectivity index (χ4v) is 4.11. The van der Waals surface area contributed by atoms with Gasteiger partial charge in [0.15, 0.2) is 0 Å². The number of rotatable bonds is 6. The third-order valence-corrected chi connectivity index (χ3v) is 5.34. The number of amides is 2. The van der Waals surface area contributed by atoms with Gasteiger partial charge in [-0.3, -0.25) is 4.68 Å². The maximum atomic E-state index is 12.2. The fourth-order valence-electron chi connectivity index (χ4n) is 4.11. The summed E-state index contributed by atoms with van der Waals surface area (Å²) in [6.07, 6.45) is 10.8. The molecule has 0 saturated heterocycles. The van der Waals surface area contributed by atoms with E-state index >= 15 is 0 Å². The first kappa shape index (κ1) is 16.2. The molecule has 0 aliphatic heterocycles. The molecule has 2 amide bonds. The third kappa shape index (κ3) is 3.49. The van der Waals surface area contributed by atoms with Gasteiger partial charge in [0.25, 0.3) is 0 Å². The molecule has 128 valence electrons. The number of carbonyl (C=O) groups is 1. The Morgan fingerprint density at radius 1 is 1.39 bits per heavy atom. The highest BCUT2D eigenvalue weighted by Crippen LogP contribution is 2.53. The lowest BCUT2D eigenvalue weighted by molar-refractivity contribution is -0.146. The summed E-state index contributed by atoms with van der Waals surface area (Å²) in [4.78, 5) is 12.2. The van der Waals surface area contributed by atoms with Crippen LogP contribution < -0.4 is 10.6 Å². The van der Waals surface area contributed by atoms with E-state index in [1.807, 2.05) is 6.92 Å². The Labute approximate surface area is 137 Å². The van der Waals surface area contributed by atoms with E-state index in [1.165, 1.54) is 32.1 Å². The Morgan fingerprint density at radius 2 is 2.22 bits per heavy atom. The Hall–Kier alpha value is -1.63. The summed E-state index contributed by atoms with van der Waals surface area (Å²) >= 11 is 0. The summed E-state index contributed by atoms with van der Waals surface area (Å²) in [7, 11) is 0. The van der Waals surface area contributed by atoms with Gasteiger partial charge in [-0.25, -0.2) is 4.79 Å². The molecule has 2 saturated carbocycles. The van der Waals surface area contributed by atoms with Crippen molar-refractivity contribution in [2.45, 2.75) is 64.1 Å². The Bertz CT molecular complexity index is 499. The van der Waals surface area contributed by atoms with Gasteiger partial charge < -0.3 is 15.4 Å². The van der Waals surface area contributed by atoms with Crippen LogP contribution in [0, 0.1) is 5.41 Å². The second kappa shape index (κ2) is 7.29. The molecule has 23 heavy (non-hydrogen) atoms. The first-order chi connectivity index (χ1) is 11.2. The van der Waals surface area contributed by atoms with Crippen molar-refractivity contribution in [1.82, 2.24) is 25.6 Å². The number of nitrogens with zero attached hydrogens (tertiary/aromatic N) is 3. The van der Waals surface area contributed by atoms with Crippen LogP contribution in [0.15, 0.2) is 12.4 Å². The van der Waals surface area contributed by atoms with Crippen molar-refractivity contribution in [2.24, 2.45) is 5.41 Å². The molecule has 2 aliphatic carbocycles. The van der Waals surface area contributed by atoms with Crippen molar-refractivity contribution in [1.29, 1.82) is 0 Å². The number of urea groups is 1. The van der Waals surface area contributed by atoms with Crippen LogP contribution in [0.5, 0.6) is 0 Å². The standard InChI is InChI=1S/C16H27N5O2/c1-2-23-14-12-13(16(14)6-4-3-5-7-16)19-15(22)17-8-10-21-11-9-18-20-21/h9,11,13-14H,2-8,10,12H2,1H3,(H2,17,19,22)/t13-,14-/m1/s1. The van der Waals surface area contributed by atoms with E-state index in [0.29, 0.717) is 19.2 Å². The van der Waals surface area contributed by atoms with Gasteiger partial charge in [-0.15, -0.1) is 5.10 Å². The molecule has 0 radical (unpaired) electrons. The molecule has 2 N–H and O–H groups in total. The molecule has 1 aromatic heterocycles. The molecule has 2 fully saturated rings. The molecular formula is C16H27N5O2. The number of hydrogen-bond acceptors (Lipinski definition) is 4. The Morgan fingerprint density at radius 3 is 2.91 bits per heavy atom. The van der Waals surface area contributed by atoms with E-state index in [2.05, 4.69) is 20.9 Å². The molecule has 7 nitrogen and oxygen atoms in total. The van der Waals surface area contributed by atoms with Crippen molar-refractivity contribution in [3.05, 3.63) is 12.4 Å². The van der Waals surface area contributed by atoms with Crippen molar-refractivity contribution < 1.29 is 9.53 Å². The van der Waals surface area contributed by atoms with Gasteiger partial charge in [-0.2, -0.15) is 0 Å². The summed E-state index contributed by atoms with van der Waals surface area (Å²) in [5.41, 5.74) is 0.164. The van der Waals surface area contributed by atoms with E-state index in [0.717, 1.165) is 13.0 Å². The van der Waals surface area contributed by atoms with E-state index < -0.39 is 0 Å². The fraction of sp³-hybridized carbons (Fsp3) is 0.812. The summed E-state index contributed by atoms with van der Waals surface area (Å²) < 4.78 is 7.63. The van der Waals surface area contributed by atoms with Crippen molar-refractivity contribution in [3.8, 4) is 0 Å². The number of ether oxygens (including phenoxy) is 1. The van der Waals surface area contributed by atoms with Crippen LogP contribution in [0.1, 0.15) is 45.4 Å². The van der Waals surface area contributed by atoms with Crippen LogP contribution in [0.25, 0.3) is 0 Å². The monoisotopic (exact) mass is 321 g/mol. The van der Waals surface area contributed by atoms with Crippen molar-refractivity contribution in [2.75, 3.05) is 13.2 Å². The number of carbonyl (C=O) groups excluding carboxylic acids is 1. The lowest BCUT2D eigenvalue weighted by atomic mass is 9.55. The van der Waals surface area contributed by atoms with Crippen LogP contribution in [-0.4, -0.2) is 46.3 Å². The summed E-state index contributed by atoms with van der Waals surface area (Å²) in [6.45, 7) is 3.98. The molecule has 3 rings (SSSR count). The average molecular weight is 321 g/mol. The highest BCUT2D eigenvalue weighted by molar-refractivity contribution is 5.74. The van der Waals surface area contributed by atoms with Crippen LogP contribution in [0.2, 0.25) is 0 Å². The molecule has 0 unspecified atom stereocenters. The minimum atomic E-state index is -0.0880. The smallest absolute Gasteiger partial charge is 0.315 e. The Balaban J connectivity index is 1.47. The van der Waals surface area contributed by atoms with Crippen LogP contribution in [0.3, 0.4) is 0 Å². The van der Waals surface area contributed by atoms with E-state index in [-0.39, 0.29) is 17.5 Å². The highest BCUT2D eigenvalue weighted by atomic mass is 16.5. The molecule has 2 aliphatic rings. The topological polar surface area (TPSA) is 81.1 Å². The lowest BCUT2D eigenvalue weighted by Crippen LogP contribution is -2.66. The van der Waals surface area contributed by atoms with Crippen molar-refractivity contribution >= 4 is 6.03 Å². The van der Waals surface area contributed by atoms with Gasteiger partial charge in [0, 0.05) is 30.8 Å². The predicted molar refractivity (Wildman–Crippen MR) is 85.9 cm³/mol. The van der Waals surface area contributed by atoms with Gasteiger partial charge in [-0.1, -0.05) is 24.5 Å². The maximum absolute atomic E-state index is 12.2. The van der Waals surface area contributed by atoms with E-state index in [9.17, 15) is 4.79 Å². The minimum absolute atomic E-state index is 0.0880. The molecular weight excluding hydrogens is 294 g/mol. The first-order valence-electron chi connectivity index (χ1n) is 8.74. The van der Waals surface area contributed by atoms with Crippen LogP contribution >= 0.6 is 0 Å². The molecule has 1 spiro atoms. The van der Waals surface area contributed by atoms with Gasteiger partial charge in [0.1, 0.15) is 0 Å². The second-order valence-corrected chi connectivity index (χ2v) is 6.59. The van der Waals surface area contributed by atoms with Gasteiger partial charge in [0.05, 0.1) is 18.8 Å². The molecule has 1 aromatic rings. The molecule has 0 bridgehead atoms. The quantitative estimate of drug-likeness (QED) is 0.836. The lowest BCUT2D eigenvalue weighted by Gasteiger charge is -2.57. The number of hydrogen-bond donors (Lipinski definition) is 2. The maximum Gasteiger partial charge on any atom is 0.315 e. The summed E-state index contributed by atoms with van der Waals surface area (Å²) in [5.74, 6) is 0. The van der Waals surface area contributed by atoms with E-state index in [1.54, 1.807) is 17.1 Å². The zero-order valence-electron chi connectivity index (χ0n) is 13.8. The first-order valence-corrected chi connectivity index (χ1v) is 8.74. The molecule has 7 heteroatoms. The van der Waals surface area contributed by atoms with Crippen molar-refractivity contribution in [3.63, 3.8) is 0 Å². The van der Waals surface area contributed by atoms with E-state index in [4.69, 9.17) is 4.74 Å². The predicted octanol–water partition coefficient (Wildman–Crippen LogP) is 1.71.